The number of rotatable bonds is 6. The van der Waals surface area contributed by atoms with E-state index in [0.717, 1.165) is 35.4 Å². The van der Waals surface area contributed by atoms with E-state index in [2.05, 4.69) is 55.2 Å². The minimum Gasteiger partial charge on any atom is -0.512 e. The molecule has 1 aliphatic rings. The second-order valence-electron chi connectivity index (χ2n) is 7.54. The average molecular weight is 364 g/mol. The summed E-state index contributed by atoms with van der Waals surface area (Å²) in [5.74, 6) is 1.26. The molecule has 3 nitrogen and oxygen atoms in total. The van der Waals surface area contributed by atoms with E-state index in [4.69, 9.17) is 4.74 Å². The molecule has 2 aromatic carbocycles. The Hall–Kier alpha value is -2.52. The Bertz CT molecular complexity index is 858. The lowest BCUT2D eigenvalue weighted by Gasteiger charge is -2.18. The van der Waals surface area contributed by atoms with Crippen LogP contribution in [0.4, 0.5) is 0 Å². The molecule has 0 aliphatic heterocycles. The zero-order valence-electron chi connectivity index (χ0n) is 16.7. The topological polar surface area (TPSA) is 32.7 Å². The van der Waals surface area contributed by atoms with Crippen molar-refractivity contribution in [3.8, 4) is 16.9 Å². The van der Waals surface area contributed by atoms with Crippen LogP contribution in [-0.4, -0.2) is 37.3 Å². The fourth-order valence-corrected chi connectivity index (χ4v) is 3.42. The van der Waals surface area contributed by atoms with Gasteiger partial charge in [-0.1, -0.05) is 47.5 Å². The minimum absolute atomic E-state index is 0.438. The van der Waals surface area contributed by atoms with Crippen LogP contribution in [0.3, 0.4) is 0 Å². The first kappa shape index (κ1) is 19.2. The van der Waals surface area contributed by atoms with Gasteiger partial charge in [-0.3, -0.25) is 0 Å². The molecule has 27 heavy (non-hydrogen) atoms. The third kappa shape index (κ3) is 4.81. The Morgan fingerprint density at radius 1 is 1.00 bits per heavy atom. The number of aliphatic hydroxyl groups excluding tert-OH is 1. The van der Waals surface area contributed by atoms with Crippen LogP contribution < -0.4 is 4.74 Å². The SMILES string of the molecule is Cc1cc(C)cc(-c2ccc(OCCN(C)C)c(C3=C(O)CCC=C3)c2)c1. The van der Waals surface area contributed by atoms with Crippen LogP contribution in [-0.2, 0) is 0 Å². The van der Waals surface area contributed by atoms with Gasteiger partial charge in [-0.2, -0.15) is 0 Å². The number of nitrogens with zero attached hydrogens (tertiary/aromatic N) is 1. The zero-order chi connectivity index (χ0) is 19.4. The highest BCUT2D eigenvalue weighted by Gasteiger charge is 2.16. The number of benzene rings is 2. The van der Waals surface area contributed by atoms with E-state index in [1.807, 2.05) is 26.2 Å². The summed E-state index contributed by atoms with van der Waals surface area (Å²) in [6, 6.07) is 12.8. The van der Waals surface area contributed by atoms with Crippen molar-refractivity contribution < 1.29 is 9.84 Å². The average Bonchev–Trinajstić information content (AvgIpc) is 2.61. The third-order valence-electron chi connectivity index (χ3n) is 4.76. The molecule has 0 radical (unpaired) electrons. The summed E-state index contributed by atoms with van der Waals surface area (Å²) in [4.78, 5) is 2.10. The lowest BCUT2D eigenvalue weighted by molar-refractivity contribution is 0.261. The Balaban J connectivity index is 2.03. The van der Waals surface area contributed by atoms with Crippen molar-refractivity contribution >= 4 is 5.57 Å². The Morgan fingerprint density at radius 3 is 2.41 bits per heavy atom. The largest absolute Gasteiger partial charge is 0.512 e. The van der Waals surface area contributed by atoms with E-state index in [9.17, 15) is 5.11 Å². The van der Waals surface area contributed by atoms with Crippen LogP contribution >= 0.6 is 0 Å². The van der Waals surface area contributed by atoms with Crippen molar-refractivity contribution in [3.05, 3.63) is 71.0 Å². The van der Waals surface area contributed by atoms with Gasteiger partial charge in [-0.15, -0.1) is 0 Å². The summed E-state index contributed by atoms with van der Waals surface area (Å²) in [5, 5.41) is 10.5. The maximum atomic E-state index is 10.5. The Labute approximate surface area is 162 Å². The molecule has 0 saturated carbocycles. The molecule has 0 aromatic heterocycles. The summed E-state index contributed by atoms with van der Waals surface area (Å²) in [6.07, 6.45) is 5.68. The number of hydrogen-bond donors (Lipinski definition) is 1. The molecular weight excluding hydrogens is 334 g/mol. The lowest BCUT2D eigenvalue weighted by atomic mass is 9.93. The van der Waals surface area contributed by atoms with Crippen LogP contribution in [0.25, 0.3) is 16.7 Å². The van der Waals surface area contributed by atoms with E-state index in [1.165, 1.54) is 16.7 Å². The molecular formula is C24H29NO2. The van der Waals surface area contributed by atoms with Gasteiger partial charge < -0.3 is 14.7 Å². The van der Waals surface area contributed by atoms with Crippen molar-refractivity contribution in [3.63, 3.8) is 0 Å². The van der Waals surface area contributed by atoms with E-state index in [0.29, 0.717) is 18.8 Å². The van der Waals surface area contributed by atoms with Gasteiger partial charge in [0.25, 0.3) is 0 Å². The molecule has 0 fully saturated rings. The summed E-state index contributed by atoms with van der Waals surface area (Å²) >= 11 is 0. The molecule has 0 heterocycles. The van der Waals surface area contributed by atoms with Gasteiger partial charge in [-0.05, 0) is 57.6 Å². The van der Waals surface area contributed by atoms with Gasteiger partial charge in [0.05, 0.1) is 0 Å². The summed E-state index contributed by atoms with van der Waals surface area (Å²) in [6.45, 7) is 5.70. The predicted octanol–water partition coefficient (Wildman–Crippen LogP) is 5.53. The molecule has 0 bridgehead atoms. The van der Waals surface area contributed by atoms with Crippen molar-refractivity contribution in [1.29, 1.82) is 0 Å². The number of hydrogen-bond acceptors (Lipinski definition) is 3. The van der Waals surface area contributed by atoms with Crippen molar-refractivity contribution in [1.82, 2.24) is 4.90 Å². The number of likely N-dealkylation sites (N-methyl/N-ethyl adjacent to an activating group) is 1. The molecule has 0 saturated heterocycles. The van der Waals surface area contributed by atoms with Gasteiger partial charge in [-0.25, -0.2) is 0 Å². The molecule has 1 N–H and O–H groups in total. The van der Waals surface area contributed by atoms with Gasteiger partial charge >= 0.3 is 0 Å². The molecule has 0 amide bonds. The highest BCUT2D eigenvalue weighted by atomic mass is 16.5. The van der Waals surface area contributed by atoms with E-state index >= 15 is 0 Å². The zero-order valence-corrected chi connectivity index (χ0v) is 16.7. The highest BCUT2D eigenvalue weighted by molar-refractivity contribution is 5.83. The van der Waals surface area contributed by atoms with Crippen molar-refractivity contribution in [2.24, 2.45) is 0 Å². The van der Waals surface area contributed by atoms with E-state index in [1.54, 1.807) is 0 Å². The second-order valence-corrected chi connectivity index (χ2v) is 7.54. The standard InChI is InChI=1S/C24H29NO2/c1-17-13-18(2)15-20(14-17)19-9-10-24(27-12-11-25(3)4)22(16-19)21-7-5-6-8-23(21)26/h5,7,9-10,13-16,26H,6,8,11-12H2,1-4H3. The van der Waals surface area contributed by atoms with Gasteiger partial charge in [0, 0.05) is 24.1 Å². The fraction of sp³-hybridized carbons (Fsp3) is 0.333. The number of aliphatic hydroxyl groups is 1. The number of aryl methyl sites for hydroxylation is 2. The van der Waals surface area contributed by atoms with Gasteiger partial charge in [0.1, 0.15) is 18.1 Å². The molecule has 0 spiro atoms. The first-order valence-electron chi connectivity index (χ1n) is 9.53. The van der Waals surface area contributed by atoms with Crippen molar-refractivity contribution in [2.75, 3.05) is 27.2 Å². The van der Waals surface area contributed by atoms with Crippen LogP contribution in [0.15, 0.2) is 54.3 Å². The molecule has 2 aromatic rings. The van der Waals surface area contributed by atoms with Crippen LogP contribution in [0.1, 0.15) is 29.5 Å². The summed E-state index contributed by atoms with van der Waals surface area (Å²) < 4.78 is 6.07. The first-order chi connectivity index (χ1) is 12.9. The van der Waals surface area contributed by atoms with Gasteiger partial charge in [0.15, 0.2) is 0 Å². The minimum atomic E-state index is 0.438. The smallest absolute Gasteiger partial charge is 0.127 e. The molecule has 3 heteroatoms. The molecule has 1 aliphatic carbocycles. The highest BCUT2D eigenvalue weighted by Crippen LogP contribution is 2.36. The Kier molecular flexibility index (Phi) is 6.02. The molecule has 0 unspecified atom stereocenters. The molecule has 142 valence electrons. The molecule has 0 atom stereocenters. The van der Waals surface area contributed by atoms with Crippen LogP contribution in [0, 0.1) is 13.8 Å². The predicted molar refractivity (Wildman–Crippen MR) is 113 cm³/mol. The normalized spacial score (nSPS) is 14.1. The van der Waals surface area contributed by atoms with Crippen molar-refractivity contribution in [2.45, 2.75) is 26.7 Å². The maximum Gasteiger partial charge on any atom is 0.127 e. The first-order valence-corrected chi connectivity index (χ1v) is 9.53. The quantitative estimate of drug-likeness (QED) is 0.732. The Morgan fingerprint density at radius 2 is 1.74 bits per heavy atom. The molecule has 3 rings (SSSR count). The lowest BCUT2D eigenvalue weighted by Crippen LogP contribution is -2.19. The summed E-state index contributed by atoms with van der Waals surface area (Å²) in [5.41, 5.74) is 6.64. The fourth-order valence-electron chi connectivity index (χ4n) is 3.42. The third-order valence-corrected chi connectivity index (χ3v) is 4.76. The van der Waals surface area contributed by atoms with Gasteiger partial charge in [0.2, 0.25) is 0 Å². The van der Waals surface area contributed by atoms with Crippen LogP contribution in [0.5, 0.6) is 5.75 Å². The summed E-state index contributed by atoms with van der Waals surface area (Å²) in [7, 11) is 4.07. The monoisotopic (exact) mass is 363 g/mol. The van der Waals surface area contributed by atoms with E-state index in [-0.39, 0.29) is 0 Å². The maximum absolute atomic E-state index is 10.5. The number of ether oxygens (including phenoxy) is 1. The number of allylic oxidation sites excluding steroid dienone is 4. The second kappa shape index (κ2) is 8.45. The van der Waals surface area contributed by atoms with Crippen LogP contribution in [0.2, 0.25) is 0 Å². The van der Waals surface area contributed by atoms with E-state index < -0.39 is 0 Å².